The number of halogens is 2. The molecule has 258 valence electrons. The minimum absolute atomic E-state index is 0.0243. The average molecular weight is 736 g/mol. The zero-order valence-electron chi connectivity index (χ0n) is 27.5. The summed E-state index contributed by atoms with van der Waals surface area (Å²) in [5, 5.41) is 7.16. The van der Waals surface area contributed by atoms with Gasteiger partial charge in [0.15, 0.2) is 5.13 Å². The Labute approximate surface area is 298 Å². The van der Waals surface area contributed by atoms with E-state index < -0.39 is 5.60 Å². The molecule has 1 N–H and O–H groups in total. The van der Waals surface area contributed by atoms with Crippen molar-refractivity contribution in [3.05, 3.63) is 39.3 Å². The molecule has 2 unspecified atom stereocenters. The number of esters is 1. The minimum atomic E-state index is -0.568. The molecular formula is C33H40Cl2N6O5S2. The van der Waals surface area contributed by atoms with Crippen molar-refractivity contribution in [3.63, 3.8) is 0 Å². The maximum atomic E-state index is 13.5. The van der Waals surface area contributed by atoms with Crippen LogP contribution < -0.4 is 15.1 Å². The van der Waals surface area contributed by atoms with Gasteiger partial charge in [0, 0.05) is 44.3 Å². The fourth-order valence-corrected chi connectivity index (χ4v) is 9.02. The van der Waals surface area contributed by atoms with E-state index in [0.717, 1.165) is 35.0 Å². The summed E-state index contributed by atoms with van der Waals surface area (Å²) in [5.74, 6) is 0.217. The van der Waals surface area contributed by atoms with E-state index in [2.05, 4.69) is 15.2 Å². The molecule has 3 aromatic rings. The molecule has 3 aliphatic heterocycles. The number of rotatable bonds is 7. The third kappa shape index (κ3) is 7.69. The zero-order valence-corrected chi connectivity index (χ0v) is 30.6. The number of piperidine rings is 2. The summed E-state index contributed by atoms with van der Waals surface area (Å²) >= 11 is 15.9. The van der Waals surface area contributed by atoms with Crippen LogP contribution in [-0.2, 0) is 14.3 Å². The Bertz CT molecular complexity index is 1670. The van der Waals surface area contributed by atoms with Gasteiger partial charge in [-0.2, -0.15) is 0 Å². The molecular weight excluding hydrogens is 695 g/mol. The standard InChI is InChI=1S/C33H40Cl2N6O5S2/c1-5-45-30(43)19-8-11-39(12-9-19)27-23(35)13-21(15-36-27)28(42)38-31-37-26(25-14-22(34)18-47-25)29(48-31)40-16-20-7-6-10-41(24(20)17-40)32(44)46-33(2,3)4/h13-15,18-20,24H,5-12,16-17H2,1-4H3,(H,37,38,42). The van der Waals surface area contributed by atoms with E-state index in [0.29, 0.717) is 78.1 Å². The van der Waals surface area contributed by atoms with Gasteiger partial charge in [0.2, 0.25) is 0 Å². The van der Waals surface area contributed by atoms with Crippen LogP contribution in [0.1, 0.15) is 63.7 Å². The zero-order chi connectivity index (χ0) is 34.2. The van der Waals surface area contributed by atoms with Crippen molar-refractivity contribution in [2.24, 2.45) is 11.8 Å². The first kappa shape index (κ1) is 34.7. The van der Waals surface area contributed by atoms with Crippen LogP contribution in [0.25, 0.3) is 10.6 Å². The van der Waals surface area contributed by atoms with Crippen LogP contribution in [0.2, 0.25) is 10.0 Å². The first-order valence-corrected chi connectivity index (χ1v) is 18.7. The Morgan fingerprint density at radius 1 is 1.06 bits per heavy atom. The van der Waals surface area contributed by atoms with Crippen LogP contribution in [0.3, 0.4) is 0 Å². The normalized spacial score (nSPS) is 20.1. The highest BCUT2D eigenvalue weighted by Gasteiger charge is 2.43. The van der Waals surface area contributed by atoms with Gasteiger partial charge in [-0.3, -0.25) is 14.9 Å². The van der Waals surface area contributed by atoms with Crippen molar-refractivity contribution in [2.75, 3.05) is 54.4 Å². The largest absolute Gasteiger partial charge is 0.466 e. The molecule has 3 aliphatic rings. The van der Waals surface area contributed by atoms with Gasteiger partial charge in [0.05, 0.1) is 39.1 Å². The number of thiophene rings is 1. The number of thiazole rings is 1. The molecule has 15 heteroatoms. The van der Waals surface area contributed by atoms with Gasteiger partial charge in [-0.25, -0.2) is 14.8 Å². The number of nitrogens with zero attached hydrogens (tertiary/aromatic N) is 5. The molecule has 6 rings (SSSR count). The lowest BCUT2D eigenvalue weighted by molar-refractivity contribution is -0.148. The lowest BCUT2D eigenvalue weighted by atomic mass is 9.92. The number of likely N-dealkylation sites (tertiary alicyclic amines) is 1. The second-order valence-electron chi connectivity index (χ2n) is 13.3. The van der Waals surface area contributed by atoms with E-state index in [1.165, 1.54) is 28.9 Å². The lowest BCUT2D eigenvalue weighted by Crippen LogP contribution is -2.50. The summed E-state index contributed by atoms with van der Waals surface area (Å²) in [7, 11) is 0. The fraction of sp³-hybridized carbons (Fsp3) is 0.545. The topological polar surface area (TPSA) is 117 Å². The van der Waals surface area contributed by atoms with E-state index >= 15 is 0 Å². The summed E-state index contributed by atoms with van der Waals surface area (Å²) in [6.07, 6.45) is 4.49. The Balaban J connectivity index is 1.18. The van der Waals surface area contributed by atoms with Gasteiger partial charge in [0.25, 0.3) is 5.91 Å². The predicted molar refractivity (Wildman–Crippen MR) is 191 cm³/mol. The van der Waals surface area contributed by atoms with Gasteiger partial charge in [-0.1, -0.05) is 34.5 Å². The Morgan fingerprint density at radius 2 is 1.83 bits per heavy atom. The molecule has 0 aliphatic carbocycles. The van der Waals surface area contributed by atoms with E-state index in [1.54, 1.807) is 6.07 Å². The number of hydrogen-bond acceptors (Lipinski definition) is 11. The lowest BCUT2D eigenvalue weighted by Gasteiger charge is -2.37. The smallest absolute Gasteiger partial charge is 0.410 e. The number of pyridine rings is 1. The number of aromatic nitrogens is 2. The van der Waals surface area contributed by atoms with Gasteiger partial charge < -0.3 is 24.2 Å². The Kier molecular flexibility index (Phi) is 10.4. The van der Waals surface area contributed by atoms with E-state index in [-0.39, 0.29) is 29.9 Å². The summed E-state index contributed by atoms with van der Waals surface area (Å²) in [6, 6.07) is 3.52. The maximum absolute atomic E-state index is 13.5. The van der Waals surface area contributed by atoms with Crippen molar-refractivity contribution >= 4 is 79.8 Å². The molecule has 0 saturated carbocycles. The van der Waals surface area contributed by atoms with Crippen molar-refractivity contribution in [2.45, 2.75) is 65.0 Å². The highest BCUT2D eigenvalue weighted by molar-refractivity contribution is 7.21. The van der Waals surface area contributed by atoms with E-state index in [4.69, 9.17) is 37.7 Å². The van der Waals surface area contributed by atoms with Crippen LogP contribution in [-0.4, -0.2) is 83.8 Å². The average Bonchev–Trinajstić information content (AvgIpc) is 3.78. The number of ether oxygens (including phenoxy) is 2. The number of hydrogen-bond donors (Lipinski definition) is 1. The van der Waals surface area contributed by atoms with E-state index in [1.807, 2.05) is 48.9 Å². The number of anilines is 3. The number of nitrogens with one attached hydrogen (secondary N) is 1. The Hall–Kier alpha value is -3.13. The highest BCUT2D eigenvalue weighted by atomic mass is 35.5. The number of carbonyl (C=O) groups excluding carboxylic acids is 3. The van der Waals surface area contributed by atoms with Crippen molar-refractivity contribution < 1.29 is 23.9 Å². The van der Waals surface area contributed by atoms with Crippen LogP contribution in [0.4, 0.5) is 20.7 Å². The monoisotopic (exact) mass is 734 g/mol. The molecule has 2 atom stereocenters. The highest BCUT2D eigenvalue weighted by Crippen LogP contribution is 2.45. The number of amides is 2. The predicted octanol–water partition coefficient (Wildman–Crippen LogP) is 7.44. The van der Waals surface area contributed by atoms with Crippen LogP contribution in [0.5, 0.6) is 0 Å². The second-order valence-corrected chi connectivity index (χ2v) is 16.1. The molecule has 3 aromatic heterocycles. The molecule has 48 heavy (non-hydrogen) atoms. The molecule has 0 radical (unpaired) electrons. The summed E-state index contributed by atoms with van der Waals surface area (Å²) in [6.45, 7) is 11.1. The Morgan fingerprint density at radius 3 is 2.50 bits per heavy atom. The molecule has 2 amide bonds. The van der Waals surface area contributed by atoms with Gasteiger partial charge in [-0.05, 0) is 71.4 Å². The van der Waals surface area contributed by atoms with Gasteiger partial charge in [0.1, 0.15) is 22.1 Å². The SMILES string of the molecule is CCOC(=O)C1CCN(c2ncc(C(=O)Nc3nc(-c4cc(Cl)cs4)c(N4CC5CCCN(C(=O)OC(C)(C)C)C5C4)s3)cc2Cl)CC1. The van der Waals surface area contributed by atoms with Gasteiger partial charge in [-0.15, -0.1) is 11.3 Å². The van der Waals surface area contributed by atoms with Crippen LogP contribution in [0.15, 0.2) is 23.7 Å². The quantitative estimate of drug-likeness (QED) is 0.247. The third-order valence-electron chi connectivity index (χ3n) is 8.82. The molecule has 0 bridgehead atoms. The summed E-state index contributed by atoms with van der Waals surface area (Å²) in [4.78, 5) is 55.2. The molecule has 6 heterocycles. The van der Waals surface area contributed by atoms with Crippen molar-refractivity contribution in [1.82, 2.24) is 14.9 Å². The van der Waals surface area contributed by atoms with E-state index in [9.17, 15) is 14.4 Å². The summed E-state index contributed by atoms with van der Waals surface area (Å²) < 4.78 is 10.9. The molecule has 11 nitrogen and oxygen atoms in total. The first-order chi connectivity index (χ1) is 22.9. The fourth-order valence-electron chi connectivity index (χ4n) is 6.62. The van der Waals surface area contributed by atoms with Crippen molar-refractivity contribution in [1.29, 1.82) is 0 Å². The molecule has 3 fully saturated rings. The molecule has 0 aromatic carbocycles. The van der Waals surface area contributed by atoms with Crippen LogP contribution in [0, 0.1) is 11.8 Å². The summed E-state index contributed by atoms with van der Waals surface area (Å²) in [5.41, 5.74) is 0.483. The maximum Gasteiger partial charge on any atom is 0.410 e. The second kappa shape index (κ2) is 14.4. The minimum Gasteiger partial charge on any atom is -0.466 e. The van der Waals surface area contributed by atoms with Crippen LogP contribution >= 0.6 is 45.9 Å². The number of fused-ring (bicyclic) bond motifs is 1. The third-order valence-corrected chi connectivity index (χ3v) is 11.4. The first-order valence-electron chi connectivity index (χ1n) is 16.3. The molecule has 0 spiro atoms. The van der Waals surface area contributed by atoms with Gasteiger partial charge >= 0.3 is 12.1 Å². The van der Waals surface area contributed by atoms with Crippen molar-refractivity contribution in [3.8, 4) is 10.6 Å². The number of carbonyl (C=O) groups is 3. The molecule has 3 saturated heterocycles.